The van der Waals surface area contributed by atoms with Gasteiger partial charge in [-0.1, -0.05) is 6.07 Å². The van der Waals surface area contributed by atoms with Gasteiger partial charge in [0.15, 0.2) is 0 Å². The molecule has 0 saturated carbocycles. The third-order valence-corrected chi connectivity index (χ3v) is 6.66. The Kier molecular flexibility index (Phi) is 5.88. The number of hydrogen-bond acceptors (Lipinski definition) is 5. The second-order valence-electron chi connectivity index (χ2n) is 8.66. The lowest BCUT2D eigenvalue weighted by Crippen LogP contribution is -2.36. The maximum absolute atomic E-state index is 11.2. The molecule has 0 aliphatic carbocycles. The van der Waals surface area contributed by atoms with Crippen molar-refractivity contribution >= 4 is 17.1 Å². The molecule has 4 heterocycles. The molecule has 3 aromatic rings. The predicted molar refractivity (Wildman–Crippen MR) is 122 cm³/mol. The van der Waals surface area contributed by atoms with Crippen LogP contribution in [0.15, 0.2) is 36.7 Å². The largest absolute Gasteiger partial charge is 0.489 e. The molecule has 0 unspecified atom stereocenters. The minimum absolute atomic E-state index is 0.0732. The van der Waals surface area contributed by atoms with E-state index in [2.05, 4.69) is 22.1 Å². The lowest BCUT2D eigenvalue weighted by molar-refractivity contribution is 0.0254. The summed E-state index contributed by atoms with van der Waals surface area (Å²) >= 11 is 0. The van der Waals surface area contributed by atoms with Crippen LogP contribution in [-0.2, 0) is 4.74 Å². The van der Waals surface area contributed by atoms with Crippen LogP contribution in [0.5, 0.6) is 5.75 Å². The van der Waals surface area contributed by atoms with Crippen LogP contribution < -0.4 is 4.74 Å². The number of nitrogens with zero attached hydrogens (tertiary/aromatic N) is 3. The highest BCUT2D eigenvalue weighted by Crippen LogP contribution is 2.35. The number of carboxylic acid groups (broad SMARTS) is 1. The van der Waals surface area contributed by atoms with Crippen molar-refractivity contribution in [2.75, 3.05) is 26.3 Å². The highest BCUT2D eigenvalue weighted by atomic mass is 16.5. The molecular weight excluding hydrogens is 420 g/mol. The number of fused-ring (bicyclic) bond motifs is 1. The summed E-state index contributed by atoms with van der Waals surface area (Å²) in [5, 5.41) is 19.9. The highest BCUT2D eigenvalue weighted by molar-refractivity contribution is 5.94. The van der Waals surface area contributed by atoms with Gasteiger partial charge in [-0.05, 0) is 48.1 Å². The lowest BCUT2D eigenvalue weighted by atomic mass is 9.89. The standard InChI is InChI=1S/C25H26N4O4/c26-13-18-11-17(1-2-23(18)33-20-5-9-32-10-6-20)22-15-28-24-21(22)12-19(14-27-24)16-3-7-29(8-4-16)25(30)31/h1-2,11-12,14-16,20H,3-10H2,(H,27,28)(H,30,31). The first-order valence-electron chi connectivity index (χ1n) is 11.4. The Morgan fingerprint density at radius 2 is 2.00 bits per heavy atom. The topological polar surface area (TPSA) is 111 Å². The molecule has 5 rings (SSSR count). The number of rotatable bonds is 4. The molecule has 0 spiro atoms. The lowest BCUT2D eigenvalue weighted by Gasteiger charge is -2.30. The zero-order valence-corrected chi connectivity index (χ0v) is 18.3. The second-order valence-corrected chi connectivity index (χ2v) is 8.66. The molecule has 0 radical (unpaired) electrons. The number of nitrogens with one attached hydrogen (secondary N) is 1. The van der Waals surface area contributed by atoms with Gasteiger partial charge in [-0.25, -0.2) is 9.78 Å². The van der Waals surface area contributed by atoms with Crippen molar-refractivity contribution in [1.29, 1.82) is 5.26 Å². The van der Waals surface area contributed by atoms with E-state index < -0.39 is 6.09 Å². The van der Waals surface area contributed by atoms with Gasteiger partial charge in [-0.2, -0.15) is 5.26 Å². The molecule has 170 valence electrons. The molecular formula is C25H26N4O4. The molecule has 8 heteroatoms. The van der Waals surface area contributed by atoms with E-state index >= 15 is 0 Å². The number of piperidine rings is 1. The maximum Gasteiger partial charge on any atom is 0.407 e. The van der Waals surface area contributed by atoms with Gasteiger partial charge in [0.05, 0.1) is 18.8 Å². The van der Waals surface area contributed by atoms with Crippen molar-refractivity contribution in [2.45, 2.75) is 37.7 Å². The monoisotopic (exact) mass is 446 g/mol. The molecule has 33 heavy (non-hydrogen) atoms. The quantitative estimate of drug-likeness (QED) is 0.610. The number of nitriles is 1. The Labute approximate surface area is 191 Å². The number of likely N-dealkylation sites (tertiary alicyclic amines) is 1. The van der Waals surface area contributed by atoms with Crippen molar-refractivity contribution in [2.24, 2.45) is 0 Å². The number of H-pyrrole nitrogens is 1. The summed E-state index contributed by atoms with van der Waals surface area (Å²) in [5.74, 6) is 0.891. The second kappa shape index (κ2) is 9.12. The fourth-order valence-electron chi connectivity index (χ4n) is 4.75. The van der Waals surface area contributed by atoms with Crippen LogP contribution in [0.2, 0.25) is 0 Å². The van der Waals surface area contributed by atoms with E-state index in [4.69, 9.17) is 9.47 Å². The highest BCUT2D eigenvalue weighted by Gasteiger charge is 2.24. The van der Waals surface area contributed by atoms with E-state index in [-0.39, 0.29) is 12.0 Å². The van der Waals surface area contributed by atoms with Crippen LogP contribution in [0.1, 0.15) is 42.7 Å². The van der Waals surface area contributed by atoms with Crippen LogP contribution in [-0.4, -0.2) is 58.5 Å². The zero-order valence-electron chi connectivity index (χ0n) is 18.3. The first-order chi connectivity index (χ1) is 16.1. The molecule has 8 nitrogen and oxygen atoms in total. The molecule has 2 fully saturated rings. The number of aromatic amines is 1. The van der Waals surface area contributed by atoms with Gasteiger partial charge in [0.2, 0.25) is 0 Å². The predicted octanol–water partition coefficient (Wildman–Crippen LogP) is 4.52. The summed E-state index contributed by atoms with van der Waals surface area (Å²) < 4.78 is 11.5. The van der Waals surface area contributed by atoms with Gasteiger partial charge in [0.25, 0.3) is 0 Å². The number of carbonyl (C=O) groups is 1. The summed E-state index contributed by atoms with van der Waals surface area (Å²) in [6.45, 7) is 2.45. The number of pyridine rings is 1. The molecule has 2 aromatic heterocycles. The maximum atomic E-state index is 11.2. The van der Waals surface area contributed by atoms with Crippen LogP contribution in [0.4, 0.5) is 4.79 Å². The zero-order chi connectivity index (χ0) is 22.8. The first-order valence-corrected chi connectivity index (χ1v) is 11.4. The number of hydrogen-bond donors (Lipinski definition) is 2. The molecule has 0 atom stereocenters. The van der Waals surface area contributed by atoms with Gasteiger partial charge in [0.1, 0.15) is 23.6 Å². The molecule has 0 bridgehead atoms. The summed E-state index contributed by atoms with van der Waals surface area (Å²) in [7, 11) is 0. The van der Waals surface area contributed by atoms with Crippen molar-refractivity contribution in [3.8, 4) is 22.9 Å². The molecule has 1 aromatic carbocycles. The fraction of sp³-hybridized carbons (Fsp3) is 0.400. The number of aromatic nitrogens is 2. The minimum atomic E-state index is -0.854. The van der Waals surface area contributed by atoms with Crippen LogP contribution in [0, 0.1) is 11.3 Å². The van der Waals surface area contributed by atoms with Crippen LogP contribution in [0.25, 0.3) is 22.2 Å². The number of amides is 1. The van der Waals surface area contributed by atoms with Crippen molar-refractivity contribution in [1.82, 2.24) is 14.9 Å². The molecule has 2 saturated heterocycles. The van der Waals surface area contributed by atoms with E-state index in [9.17, 15) is 15.2 Å². The Bertz CT molecular complexity index is 1200. The summed E-state index contributed by atoms with van der Waals surface area (Å²) in [5.41, 5.74) is 4.33. The molecule has 2 aliphatic heterocycles. The average Bonchev–Trinajstić information content (AvgIpc) is 3.28. The first kappa shape index (κ1) is 21.3. The van der Waals surface area contributed by atoms with Gasteiger partial charge in [0, 0.05) is 49.3 Å². The van der Waals surface area contributed by atoms with E-state index in [1.165, 1.54) is 4.90 Å². The van der Waals surface area contributed by atoms with Crippen molar-refractivity contribution in [3.05, 3.63) is 47.8 Å². The van der Waals surface area contributed by atoms with E-state index in [0.717, 1.165) is 53.4 Å². The average molecular weight is 447 g/mol. The van der Waals surface area contributed by atoms with E-state index in [1.54, 1.807) is 0 Å². The summed E-state index contributed by atoms with van der Waals surface area (Å²) in [4.78, 5) is 20.5. The smallest absolute Gasteiger partial charge is 0.407 e. The Morgan fingerprint density at radius 1 is 1.21 bits per heavy atom. The van der Waals surface area contributed by atoms with Crippen molar-refractivity contribution < 1.29 is 19.4 Å². The molecule has 2 N–H and O–H groups in total. The fourth-order valence-corrected chi connectivity index (χ4v) is 4.75. The molecule has 2 aliphatic rings. The van der Waals surface area contributed by atoms with Crippen LogP contribution >= 0.6 is 0 Å². The van der Waals surface area contributed by atoms with Crippen molar-refractivity contribution in [3.63, 3.8) is 0 Å². The van der Waals surface area contributed by atoms with Gasteiger partial charge in [-0.15, -0.1) is 0 Å². The van der Waals surface area contributed by atoms with E-state index in [1.807, 2.05) is 30.6 Å². The van der Waals surface area contributed by atoms with Gasteiger partial charge < -0.3 is 24.5 Å². The number of benzene rings is 1. The van der Waals surface area contributed by atoms with Gasteiger partial charge in [-0.3, -0.25) is 0 Å². The number of ether oxygens (including phenoxy) is 2. The minimum Gasteiger partial charge on any atom is -0.489 e. The Hall–Kier alpha value is -3.57. The third-order valence-electron chi connectivity index (χ3n) is 6.66. The Balaban J connectivity index is 1.41. The van der Waals surface area contributed by atoms with Gasteiger partial charge >= 0.3 is 6.09 Å². The SMILES string of the molecule is N#Cc1cc(-c2c[nH]c3ncc(C4CCN(C(=O)O)CC4)cc23)ccc1OC1CCOCC1. The third kappa shape index (κ3) is 4.37. The summed E-state index contributed by atoms with van der Waals surface area (Å²) in [6, 6.07) is 10.2. The summed E-state index contributed by atoms with van der Waals surface area (Å²) in [6.07, 6.45) is 6.26. The van der Waals surface area contributed by atoms with Crippen LogP contribution in [0.3, 0.4) is 0 Å². The Morgan fingerprint density at radius 3 is 2.73 bits per heavy atom. The van der Waals surface area contributed by atoms with E-state index in [0.29, 0.717) is 37.6 Å². The molecule has 1 amide bonds. The normalized spacial score (nSPS) is 17.7.